The highest BCUT2D eigenvalue weighted by molar-refractivity contribution is 6.30. The molecule has 1 aromatic carbocycles. The molecule has 1 aliphatic heterocycles. The lowest BCUT2D eigenvalue weighted by molar-refractivity contribution is -0.134. The Balaban J connectivity index is 0.00000256. The number of carbonyl (C=O) groups is 2. The van der Waals surface area contributed by atoms with E-state index in [4.69, 9.17) is 16.3 Å². The van der Waals surface area contributed by atoms with E-state index >= 15 is 0 Å². The molecule has 1 N–H and O–H groups in total. The number of carbonyl (C=O) groups excluding carboxylic acids is 2. The molecule has 8 heteroatoms. The van der Waals surface area contributed by atoms with Crippen LogP contribution in [0.15, 0.2) is 36.4 Å². The van der Waals surface area contributed by atoms with Gasteiger partial charge in [0.15, 0.2) is 5.60 Å². The summed E-state index contributed by atoms with van der Waals surface area (Å²) < 4.78 is 6.20. The molecule has 1 aliphatic carbocycles. The predicted octanol–water partition coefficient (Wildman–Crippen LogP) is 5.51. The summed E-state index contributed by atoms with van der Waals surface area (Å²) in [5.74, 6) is 0.512. The van der Waals surface area contributed by atoms with Crippen molar-refractivity contribution in [3.05, 3.63) is 41.4 Å². The molecule has 2 aromatic rings. The fourth-order valence-electron chi connectivity index (χ4n) is 3.83. The molecule has 1 saturated carbocycles. The van der Waals surface area contributed by atoms with Crippen molar-refractivity contribution in [3.8, 4) is 5.88 Å². The largest absolute Gasteiger partial charge is 0.459 e. The fraction of sp³-hybridized carbons (Fsp3) is 0.409. The summed E-state index contributed by atoms with van der Waals surface area (Å²) in [4.78, 5) is 31.9. The summed E-state index contributed by atoms with van der Waals surface area (Å²) in [7, 11) is 0. The molecule has 0 unspecified atom stereocenters. The van der Waals surface area contributed by atoms with E-state index in [1.54, 1.807) is 29.2 Å². The fourth-order valence-corrected chi connectivity index (χ4v) is 3.96. The van der Waals surface area contributed by atoms with Crippen LogP contribution in [0.1, 0.15) is 46.0 Å². The second kappa shape index (κ2) is 8.82. The number of benzene rings is 1. The molecule has 1 atom stereocenters. The van der Waals surface area contributed by atoms with Gasteiger partial charge in [0, 0.05) is 16.6 Å². The maximum absolute atomic E-state index is 13.5. The van der Waals surface area contributed by atoms with Crippen LogP contribution in [0.2, 0.25) is 5.02 Å². The maximum atomic E-state index is 13.5. The molecule has 1 aromatic heterocycles. The van der Waals surface area contributed by atoms with Gasteiger partial charge in [0.2, 0.25) is 11.8 Å². The van der Waals surface area contributed by atoms with Crippen LogP contribution in [0.5, 0.6) is 5.88 Å². The third-order valence-corrected chi connectivity index (χ3v) is 6.03. The van der Waals surface area contributed by atoms with Crippen LogP contribution in [0.25, 0.3) is 0 Å². The van der Waals surface area contributed by atoms with Crippen molar-refractivity contribution in [2.24, 2.45) is 5.92 Å². The highest BCUT2D eigenvalue weighted by Crippen LogP contribution is 2.47. The van der Waals surface area contributed by atoms with E-state index in [0.29, 0.717) is 40.9 Å². The zero-order valence-corrected chi connectivity index (χ0v) is 18.6. The summed E-state index contributed by atoms with van der Waals surface area (Å²) in [5, 5.41) is 3.45. The van der Waals surface area contributed by atoms with Crippen LogP contribution in [0, 0.1) is 5.92 Å². The molecule has 1 fully saturated rings. The first-order chi connectivity index (χ1) is 13.9. The van der Waals surface area contributed by atoms with Gasteiger partial charge in [0.25, 0.3) is 5.91 Å². The first kappa shape index (κ1) is 22.4. The minimum absolute atomic E-state index is 0. The van der Waals surface area contributed by atoms with Gasteiger partial charge in [-0.3, -0.25) is 14.5 Å². The highest BCUT2D eigenvalue weighted by Gasteiger charge is 2.51. The van der Waals surface area contributed by atoms with Crippen molar-refractivity contribution in [1.29, 1.82) is 0 Å². The Morgan fingerprint density at radius 1 is 1.23 bits per heavy atom. The monoisotopic (exact) mass is 449 g/mol. The molecule has 0 bridgehead atoms. The van der Waals surface area contributed by atoms with E-state index in [1.807, 2.05) is 26.0 Å². The molecule has 0 saturated heterocycles. The van der Waals surface area contributed by atoms with Gasteiger partial charge in [-0.15, -0.1) is 12.4 Å². The summed E-state index contributed by atoms with van der Waals surface area (Å²) in [5.41, 5.74) is 0.378. The van der Waals surface area contributed by atoms with Crippen molar-refractivity contribution >= 4 is 53.0 Å². The number of nitrogens with zero attached hydrogens (tertiary/aromatic N) is 2. The third-order valence-electron chi connectivity index (χ3n) is 5.77. The number of pyridine rings is 1. The number of hydrogen-bond acceptors (Lipinski definition) is 4. The lowest BCUT2D eigenvalue weighted by Crippen LogP contribution is -2.53. The quantitative estimate of drug-likeness (QED) is 0.667. The zero-order valence-electron chi connectivity index (χ0n) is 17.0. The van der Waals surface area contributed by atoms with Gasteiger partial charge < -0.3 is 10.1 Å². The van der Waals surface area contributed by atoms with Gasteiger partial charge in [-0.1, -0.05) is 25.4 Å². The molecular formula is C22H25Cl2N3O3. The average molecular weight is 450 g/mol. The van der Waals surface area contributed by atoms with Gasteiger partial charge in [-0.25, -0.2) is 0 Å². The average Bonchev–Trinajstić information content (AvgIpc) is 3.18. The number of nitrogens with one attached hydrogen (secondary N) is 1. The number of fused-ring (bicyclic) bond motifs is 1. The Morgan fingerprint density at radius 2 is 1.90 bits per heavy atom. The van der Waals surface area contributed by atoms with Gasteiger partial charge in [-0.2, -0.15) is 4.98 Å². The topological polar surface area (TPSA) is 71.5 Å². The molecule has 2 aliphatic rings. The number of amides is 2. The van der Waals surface area contributed by atoms with E-state index in [2.05, 4.69) is 10.3 Å². The molecule has 0 radical (unpaired) electrons. The Kier molecular flexibility index (Phi) is 6.58. The smallest absolute Gasteiger partial charge is 0.275 e. The lowest BCUT2D eigenvalue weighted by Gasteiger charge is -2.40. The number of anilines is 3. The van der Waals surface area contributed by atoms with Crippen LogP contribution < -0.4 is 15.0 Å². The Bertz CT molecular complexity index is 943. The lowest BCUT2D eigenvalue weighted by atomic mass is 9.97. The minimum Gasteiger partial charge on any atom is -0.459 e. The summed E-state index contributed by atoms with van der Waals surface area (Å²) in [6.07, 6.45) is 3.91. The van der Waals surface area contributed by atoms with Gasteiger partial charge in [0.05, 0.1) is 0 Å². The molecule has 30 heavy (non-hydrogen) atoms. The summed E-state index contributed by atoms with van der Waals surface area (Å²) in [6.45, 7) is 3.84. The molecule has 1 spiro atoms. The first-order valence-electron chi connectivity index (χ1n) is 10.0. The maximum Gasteiger partial charge on any atom is 0.275 e. The minimum atomic E-state index is -0.904. The number of aromatic nitrogens is 1. The third kappa shape index (κ3) is 3.98. The molecule has 160 valence electrons. The summed E-state index contributed by atoms with van der Waals surface area (Å²) >= 11 is 6.03. The van der Waals surface area contributed by atoms with Gasteiger partial charge >= 0.3 is 0 Å². The normalized spacial score (nSPS) is 17.7. The number of halogens is 2. The second-order valence-electron chi connectivity index (χ2n) is 7.74. The van der Waals surface area contributed by atoms with Crippen LogP contribution in [0.3, 0.4) is 0 Å². The zero-order chi connectivity index (χ0) is 20.6. The molecule has 6 nitrogen and oxygen atoms in total. The molecule has 2 amide bonds. The van der Waals surface area contributed by atoms with Crippen molar-refractivity contribution < 1.29 is 14.3 Å². The number of hydrogen-bond donors (Lipinski definition) is 1. The standard InChI is InChI=1S/C22H24ClN3O3.ClH/c1-3-14(2)19(27)24-18-11-10-17-20(25-18)29-22(12-4-5-13-22)21(28)26(17)16-8-6-15(23)7-9-16;/h6-11,14H,3-5,12-13H2,1-2H3,(H,24,25,27);1H/t14-;/m1./s1. The van der Waals surface area contributed by atoms with E-state index in [-0.39, 0.29) is 30.1 Å². The molecular weight excluding hydrogens is 425 g/mol. The second-order valence-corrected chi connectivity index (χ2v) is 8.18. The van der Waals surface area contributed by atoms with Crippen LogP contribution >= 0.6 is 24.0 Å². The number of ether oxygens (including phenoxy) is 1. The Hall–Kier alpha value is -2.31. The number of rotatable bonds is 4. The van der Waals surface area contributed by atoms with Crippen molar-refractivity contribution in [2.75, 3.05) is 10.2 Å². The van der Waals surface area contributed by atoms with E-state index in [9.17, 15) is 9.59 Å². The van der Waals surface area contributed by atoms with E-state index in [1.165, 1.54) is 0 Å². The van der Waals surface area contributed by atoms with E-state index < -0.39 is 5.60 Å². The van der Waals surface area contributed by atoms with Crippen molar-refractivity contribution in [2.45, 2.75) is 51.6 Å². The molecule has 4 rings (SSSR count). The van der Waals surface area contributed by atoms with Crippen LogP contribution in [-0.2, 0) is 9.59 Å². The van der Waals surface area contributed by atoms with Crippen molar-refractivity contribution in [3.63, 3.8) is 0 Å². The van der Waals surface area contributed by atoms with Gasteiger partial charge in [-0.05, 0) is 68.5 Å². The van der Waals surface area contributed by atoms with E-state index in [0.717, 1.165) is 19.3 Å². The van der Waals surface area contributed by atoms with Gasteiger partial charge in [0.1, 0.15) is 11.5 Å². The Labute approximate surface area is 187 Å². The Morgan fingerprint density at radius 3 is 2.53 bits per heavy atom. The van der Waals surface area contributed by atoms with Crippen LogP contribution in [0.4, 0.5) is 17.2 Å². The van der Waals surface area contributed by atoms with Crippen molar-refractivity contribution in [1.82, 2.24) is 4.98 Å². The highest BCUT2D eigenvalue weighted by atomic mass is 35.5. The summed E-state index contributed by atoms with van der Waals surface area (Å²) in [6, 6.07) is 10.6. The SMILES string of the molecule is CC[C@@H](C)C(=O)Nc1ccc2c(n1)OC1(CCCC1)C(=O)N2c1ccc(Cl)cc1.Cl. The molecule has 2 heterocycles. The predicted molar refractivity (Wildman–Crippen MR) is 120 cm³/mol. The first-order valence-corrected chi connectivity index (χ1v) is 10.4. The van der Waals surface area contributed by atoms with Crippen LogP contribution in [-0.4, -0.2) is 22.4 Å².